The van der Waals surface area contributed by atoms with Gasteiger partial charge in [0, 0.05) is 23.8 Å². The van der Waals surface area contributed by atoms with Crippen LogP contribution in [-0.2, 0) is 0 Å². The molecule has 0 fully saturated rings. The van der Waals surface area contributed by atoms with Gasteiger partial charge in [0.05, 0.1) is 6.26 Å². The lowest BCUT2D eigenvalue weighted by Crippen LogP contribution is -1.95. The second kappa shape index (κ2) is 7.65. The summed E-state index contributed by atoms with van der Waals surface area (Å²) in [6.45, 7) is 1.93. The van der Waals surface area contributed by atoms with Crippen molar-refractivity contribution in [1.29, 1.82) is 0 Å². The van der Waals surface area contributed by atoms with Crippen LogP contribution in [0.15, 0.2) is 71.4 Å². The summed E-state index contributed by atoms with van der Waals surface area (Å²) in [5, 5.41) is 0. The van der Waals surface area contributed by atoms with Crippen LogP contribution in [0.3, 0.4) is 0 Å². The first-order valence-corrected chi connectivity index (χ1v) is 9.52. The minimum absolute atomic E-state index is 0.00280. The Morgan fingerprint density at radius 3 is 2.38 bits per heavy atom. The van der Waals surface area contributed by atoms with Crippen LogP contribution >= 0.6 is 45.2 Å². The summed E-state index contributed by atoms with van der Waals surface area (Å²) in [4.78, 5) is 12.4. The molecule has 0 saturated carbocycles. The monoisotopic (exact) mass is 540 g/mol. The van der Waals surface area contributed by atoms with E-state index in [1.54, 1.807) is 12.3 Å². The lowest BCUT2D eigenvalue weighted by molar-refractivity contribution is 0.104. The van der Waals surface area contributed by atoms with Crippen LogP contribution < -0.4 is 0 Å². The molecule has 2 nitrogen and oxygen atoms in total. The molecule has 0 spiro atoms. The first-order valence-electron chi connectivity index (χ1n) is 7.36. The van der Waals surface area contributed by atoms with Gasteiger partial charge in [0.25, 0.3) is 0 Å². The van der Waals surface area contributed by atoms with Gasteiger partial charge in [-0.3, -0.25) is 4.79 Å². The van der Waals surface area contributed by atoms with Crippen LogP contribution in [0.4, 0.5) is 0 Å². The average Bonchev–Trinajstić information content (AvgIpc) is 3.05. The summed E-state index contributed by atoms with van der Waals surface area (Å²) in [5.41, 5.74) is 3.54. The molecule has 0 aliphatic heterocycles. The van der Waals surface area contributed by atoms with Crippen LogP contribution in [0.25, 0.3) is 16.9 Å². The fourth-order valence-corrected chi connectivity index (χ4v) is 3.43. The summed E-state index contributed by atoms with van der Waals surface area (Å²) < 4.78 is 7.88. The zero-order valence-electron chi connectivity index (χ0n) is 12.9. The summed E-state index contributed by atoms with van der Waals surface area (Å²) in [6.07, 6.45) is 3.36. The zero-order chi connectivity index (χ0) is 17.1. The molecule has 2 aromatic carbocycles. The predicted molar refractivity (Wildman–Crippen MR) is 114 cm³/mol. The van der Waals surface area contributed by atoms with Crippen LogP contribution in [-0.4, -0.2) is 5.78 Å². The largest absolute Gasteiger partial charge is 0.464 e. The van der Waals surface area contributed by atoms with Crippen molar-refractivity contribution in [3.8, 4) is 11.3 Å². The Morgan fingerprint density at radius 2 is 1.67 bits per heavy atom. The van der Waals surface area contributed by atoms with Gasteiger partial charge in [-0.05, 0) is 94.1 Å². The van der Waals surface area contributed by atoms with Gasteiger partial charge >= 0.3 is 0 Å². The minimum atomic E-state index is 0.00280. The highest BCUT2D eigenvalue weighted by atomic mass is 127. The van der Waals surface area contributed by atoms with E-state index in [4.69, 9.17) is 4.42 Å². The van der Waals surface area contributed by atoms with E-state index in [-0.39, 0.29) is 5.78 Å². The second-order valence-corrected chi connectivity index (χ2v) is 7.90. The van der Waals surface area contributed by atoms with Crippen LogP contribution in [0.2, 0.25) is 0 Å². The van der Waals surface area contributed by atoms with Crippen molar-refractivity contribution in [2.75, 3.05) is 0 Å². The highest BCUT2D eigenvalue weighted by Gasteiger charge is 2.09. The summed E-state index contributed by atoms with van der Waals surface area (Å²) in [6, 6.07) is 17.7. The molecule has 0 atom stereocenters. The molecule has 0 saturated heterocycles. The third-order valence-corrected chi connectivity index (χ3v) is 4.96. The van der Waals surface area contributed by atoms with Gasteiger partial charge in [-0.15, -0.1) is 0 Å². The topological polar surface area (TPSA) is 30.2 Å². The van der Waals surface area contributed by atoms with E-state index in [1.165, 1.54) is 0 Å². The standard InChI is InChI=1S/C20H14I2O2/c1-13(8-19(23)14-4-2-6-17(21)9-14)16-11-20(24-12-16)15-5-3-7-18(22)10-15/h2-12H,1H3/b13-8+. The molecular formula is C20H14I2O2. The molecule has 120 valence electrons. The maximum Gasteiger partial charge on any atom is 0.186 e. The molecule has 1 heterocycles. The van der Waals surface area contributed by atoms with E-state index >= 15 is 0 Å². The Hall–Kier alpha value is -1.41. The van der Waals surface area contributed by atoms with Crippen molar-refractivity contribution in [2.24, 2.45) is 0 Å². The van der Waals surface area contributed by atoms with Crippen molar-refractivity contribution in [3.63, 3.8) is 0 Å². The number of halogens is 2. The molecule has 0 radical (unpaired) electrons. The number of hydrogen-bond acceptors (Lipinski definition) is 2. The van der Waals surface area contributed by atoms with E-state index in [0.717, 1.165) is 29.6 Å². The summed E-state index contributed by atoms with van der Waals surface area (Å²) in [5.74, 6) is 0.806. The van der Waals surface area contributed by atoms with Gasteiger partial charge in [-0.1, -0.05) is 24.3 Å². The normalized spacial score (nSPS) is 11.5. The maximum atomic E-state index is 12.4. The average molecular weight is 540 g/mol. The van der Waals surface area contributed by atoms with E-state index in [0.29, 0.717) is 5.56 Å². The van der Waals surface area contributed by atoms with Crippen LogP contribution in [0.5, 0.6) is 0 Å². The van der Waals surface area contributed by atoms with Gasteiger partial charge in [-0.2, -0.15) is 0 Å². The Kier molecular flexibility index (Phi) is 5.55. The molecule has 1 aromatic heterocycles. The number of allylic oxidation sites excluding steroid dienone is 2. The SMILES string of the molecule is C/C(=C\C(=O)c1cccc(I)c1)c1coc(-c2cccc(I)c2)c1. The molecule has 0 amide bonds. The summed E-state index contributed by atoms with van der Waals surface area (Å²) in [7, 11) is 0. The molecule has 0 aliphatic carbocycles. The first-order chi connectivity index (χ1) is 11.5. The molecular weight excluding hydrogens is 526 g/mol. The van der Waals surface area contributed by atoms with E-state index < -0.39 is 0 Å². The maximum absolute atomic E-state index is 12.4. The smallest absolute Gasteiger partial charge is 0.186 e. The lowest BCUT2D eigenvalue weighted by Gasteiger charge is -1.99. The second-order valence-electron chi connectivity index (χ2n) is 5.41. The molecule has 0 aliphatic rings. The van der Waals surface area contributed by atoms with Gasteiger partial charge in [0.15, 0.2) is 5.78 Å². The molecule has 0 bridgehead atoms. The van der Waals surface area contributed by atoms with Crippen LogP contribution in [0.1, 0.15) is 22.8 Å². The number of benzene rings is 2. The van der Waals surface area contributed by atoms with Crippen molar-refractivity contribution in [1.82, 2.24) is 0 Å². The highest BCUT2D eigenvalue weighted by molar-refractivity contribution is 14.1. The van der Waals surface area contributed by atoms with Gasteiger partial charge in [0.1, 0.15) is 5.76 Å². The third-order valence-electron chi connectivity index (χ3n) is 3.62. The van der Waals surface area contributed by atoms with Crippen molar-refractivity contribution < 1.29 is 9.21 Å². The van der Waals surface area contributed by atoms with Gasteiger partial charge < -0.3 is 4.42 Å². The molecule has 24 heavy (non-hydrogen) atoms. The van der Waals surface area contributed by atoms with E-state index in [2.05, 4.69) is 51.2 Å². The Bertz CT molecular complexity index is 923. The first kappa shape index (κ1) is 17.4. The number of hydrogen-bond donors (Lipinski definition) is 0. The number of rotatable bonds is 4. The van der Waals surface area contributed by atoms with E-state index in [9.17, 15) is 4.79 Å². The molecule has 0 unspecified atom stereocenters. The predicted octanol–water partition coefficient (Wildman–Crippen LogP) is 6.44. The molecule has 4 heteroatoms. The number of furan rings is 1. The summed E-state index contributed by atoms with van der Waals surface area (Å²) >= 11 is 4.49. The number of carbonyl (C=O) groups is 1. The van der Waals surface area contributed by atoms with Crippen LogP contribution in [0, 0.1) is 7.14 Å². The Labute approximate surface area is 168 Å². The molecule has 3 aromatic rings. The highest BCUT2D eigenvalue weighted by Crippen LogP contribution is 2.27. The van der Waals surface area contributed by atoms with Crippen molar-refractivity contribution in [3.05, 3.63) is 85.2 Å². The number of carbonyl (C=O) groups excluding carboxylic acids is 1. The van der Waals surface area contributed by atoms with E-state index in [1.807, 2.05) is 55.5 Å². The third kappa shape index (κ3) is 4.16. The van der Waals surface area contributed by atoms with Crippen molar-refractivity contribution in [2.45, 2.75) is 6.92 Å². The zero-order valence-corrected chi connectivity index (χ0v) is 17.2. The Morgan fingerprint density at radius 1 is 0.958 bits per heavy atom. The van der Waals surface area contributed by atoms with Gasteiger partial charge in [0.2, 0.25) is 0 Å². The molecule has 0 N–H and O–H groups in total. The van der Waals surface area contributed by atoms with Crippen molar-refractivity contribution >= 4 is 56.5 Å². The minimum Gasteiger partial charge on any atom is -0.464 e. The quantitative estimate of drug-likeness (QED) is 0.217. The van der Waals surface area contributed by atoms with Gasteiger partial charge in [-0.25, -0.2) is 0 Å². The fraction of sp³-hybridized carbons (Fsp3) is 0.0500. The fourth-order valence-electron chi connectivity index (χ4n) is 2.34. The Balaban J connectivity index is 1.85. The molecule has 3 rings (SSSR count). The number of ketones is 1. The lowest BCUT2D eigenvalue weighted by atomic mass is 10.0.